The zero-order valence-electron chi connectivity index (χ0n) is 12.0. The number of aromatic nitrogens is 3. The van der Waals surface area contributed by atoms with Crippen LogP contribution in [0.3, 0.4) is 0 Å². The Hall–Kier alpha value is -1.88. The molecule has 1 heterocycles. The van der Waals surface area contributed by atoms with Gasteiger partial charge in [-0.3, -0.25) is 4.57 Å². The van der Waals surface area contributed by atoms with Crippen molar-refractivity contribution in [2.75, 3.05) is 0 Å². The molecule has 1 aromatic heterocycles. The third-order valence-corrected chi connectivity index (χ3v) is 4.31. The van der Waals surface area contributed by atoms with Gasteiger partial charge in [0.25, 0.3) is 0 Å². The second kappa shape index (κ2) is 6.26. The third kappa shape index (κ3) is 3.08. The summed E-state index contributed by atoms with van der Waals surface area (Å²) in [5.74, 6) is 0.924. The summed E-state index contributed by atoms with van der Waals surface area (Å²) in [5.41, 5.74) is 0.520. The quantitative estimate of drug-likeness (QED) is 0.906. The van der Waals surface area contributed by atoms with Crippen LogP contribution in [0.5, 0.6) is 0 Å². The van der Waals surface area contributed by atoms with Gasteiger partial charge in [0, 0.05) is 6.54 Å². The predicted molar refractivity (Wildman–Crippen MR) is 79.9 cm³/mol. The molecular formula is C16H21N3O2. The topological polar surface area (TPSA) is 70.9 Å². The van der Waals surface area contributed by atoms with Crippen LogP contribution in [0.15, 0.2) is 35.1 Å². The van der Waals surface area contributed by atoms with Crippen molar-refractivity contribution in [3.63, 3.8) is 0 Å². The molecule has 0 radical (unpaired) electrons. The molecule has 1 fully saturated rings. The Morgan fingerprint density at radius 2 is 1.95 bits per heavy atom. The van der Waals surface area contributed by atoms with Gasteiger partial charge >= 0.3 is 5.69 Å². The normalized spacial score (nSPS) is 17.8. The molecule has 21 heavy (non-hydrogen) atoms. The van der Waals surface area contributed by atoms with Crippen LogP contribution in [0.25, 0.3) is 0 Å². The maximum absolute atomic E-state index is 12.0. The van der Waals surface area contributed by atoms with Crippen molar-refractivity contribution in [3.8, 4) is 0 Å². The van der Waals surface area contributed by atoms with Gasteiger partial charge in [0.2, 0.25) is 0 Å². The molecule has 0 spiro atoms. The Balaban J connectivity index is 1.84. The summed E-state index contributed by atoms with van der Waals surface area (Å²) in [6.07, 6.45) is 5.18. The van der Waals surface area contributed by atoms with E-state index in [0.29, 0.717) is 18.3 Å². The molecule has 3 rings (SSSR count). The fourth-order valence-electron chi connectivity index (χ4n) is 3.13. The van der Waals surface area contributed by atoms with E-state index in [0.717, 1.165) is 18.4 Å². The maximum atomic E-state index is 12.0. The Morgan fingerprint density at radius 1 is 1.24 bits per heavy atom. The van der Waals surface area contributed by atoms with Crippen LogP contribution in [0.2, 0.25) is 0 Å². The lowest BCUT2D eigenvalue weighted by atomic mass is 9.89. The number of aromatic amines is 1. The first-order valence-corrected chi connectivity index (χ1v) is 7.64. The second-order valence-corrected chi connectivity index (χ2v) is 5.81. The van der Waals surface area contributed by atoms with Gasteiger partial charge in [-0.2, -0.15) is 5.10 Å². The van der Waals surface area contributed by atoms with E-state index < -0.39 is 6.10 Å². The van der Waals surface area contributed by atoms with E-state index in [4.69, 9.17) is 0 Å². The number of hydrogen-bond donors (Lipinski definition) is 2. The molecule has 1 aromatic carbocycles. The first-order chi connectivity index (χ1) is 10.3. The summed E-state index contributed by atoms with van der Waals surface area (Å²) in [4.78, 5) is 12.0. The van der Waals surface area contributed by atoms with Crippen LogP contribution >= 0.6 is 0 Å². The van der Waals surface area contributed by atoms with Gasteiger partial charge in [-0.15, -0.1) is 0 Å². The monoisotopic (exact) mass is 287 g/mol. The fraction of sp³-hybridized carbons (Fsp3) is 0.500. The molecule has 1 unspecified atom stereocenters. The van der Waals surface area contributed by atoms with Crippen LogP contribution in [-0.2, 0) is 6.54 Å². The predicted octanol–water partition coefficient (Wildman–Crippen LogP) is 2.23. The first-order valence-electron chi connectivity index (χ1n) is 7.64. The molecule has 1 aliphatic carbocycles. The molecule has 5 nitrogen and oxygen atoms in total. The van der Waals surface area contributed by atoms with Crippen molar-refractivity contribution >= 4 is 0 Å². The van der Waals surface area contributed by atoms with Crippen molar-refractivity contribution < 1.29 is 5.11 Å². The van der Waals surface area contributed by atoms with E-state index in [1.165, 1.54) is 19.3 Å². The van der Waals surface area contributed by atoms with Gasteiger partial charge < -0.3 is 5.11 Å². The smallest absolute Gasteiger partial charge is 0.343 e. The average Bonchev–Trinajstić information content (AvgIpc) is 2.90. The summed E-state index contributed by atoms with van der Waals surface area (Å²) >= 11 is 0. The molecule has 1 aliphatic rings. The van der Waals surface area contributed by atoms with E-state index in [2.05, 4.69) is 10.2 Å². The molecule has 0 bridgehead atoms. The van der Waals surface area contributed by atoms with Crippen LogP contribution in [0.4, 0.5) is 0 Å². The minimum absolute atomic E-state index is 0.231. The summed E-state index contributed by atoms with van der Waals surface area (Å²) in [6.45, 7) is 0.647. The lowest BCUT2D eigenvalue weighted by Gasteiger charge is -2.22. The maximum Gasteiger partial charge on any atom is 0.343 e. The highest BCUT2D eigenvalue weighted by Gasteiger charge is 2.22. The van der Waals surface area contributed by atoms with Crippen molar-refractivity contribution in [2.24, 2.45) is 5.92 Å². The van der Waals surface area contributed by atoms with E-state index in [-0.39, 0.29) is 5.69 Å². The van der Waals surface area contributed by atoms with Crippen molar-refractivity contribution in [1.82, 2.24) is 14.8 Å². The van der Waals surface area contributed by atoms with Crippen molar-refractivity contribution in [3.05, 3.63) is 52.2 Å². The zero-order valence-corrected chi connectivity index (χ0v) is 12.0. The number of benzene rings is 1. The van der Waals surface area contributed by atoms with Crippen LogP contribution < -0.4 is 5.69 Å². The molecule has 2 aromatic rings. The summed E-state index contributed by atoms with van der Waals surface area (Å²) in [7, 11) is 0. The van der Waals surface area contributed by atoms with Gasteiger partial charge in [-0.1, -0.05) is 49.6 Å². The molecule has 0 saturated heterocycles. The highest BCUT2D eigenvalue weighted by Crippen LogP contribution is 2.26. The number of hydrogen-bond acceptors (Lipinski definition) is 3. The Morgan fingerprint density at radius 3 is 2.67 bits per heavy atom. The fourth-order valence-corrected chi connectivity index (χ4v) is 3.13. The molecule has 0 amide bonds. The van der Waals surface area contributed by atoms with Crippen molar-refractivity contribution in [2.45, 2.75) is 44.8 Å². The molecular weight excluding hydrogens is 266 g/mol. The average molecular weight is 287 g/mol. The largest absolute Gasteiger partial charge is 0.380 e. The number of H-pyrrole nitrogens is 1. The first kappa shape index (κ1) is 14.1. The van der Waals surface area contributed by atoms with Crippen LogP contribution in [0.1, 0.15) is 49.6 Å². The molecule has 2 N–H and O–H groups in total. The van der Waals surface area contributed by atoms with E-state index in [1.807, 2.05) is 30.3 Å². The highest BCUT2D eigenvalue weighted by atomic mass is 16.3. The van der Waals surface area contributed by atoms with Gasteiger partial charge in [-0.25, -0.2) is 9.89 Å². The van der Waals surface area contributed by atoms with Crippen LogP contribution in [-0.4, -0.2) is 19.9 Å². The SMILES string of the molecule is O=c1[nH]nc(C(O)c2ccccc2)n1CC1CCCCC1. The summed E-state index contributed by atoms with van der Waals surface area (Å²) < 4.78 is 1.60. The molecule has 0 aliphatic heterocycles. The van der Waals surface area contributed by atoms with Gasteiger partial charge in [0.1, 0.15) is 6.10 Å². The molecule has 1 saturated carbocycles. The number of aliphatic hydroxyl groups excluding tert-OH is 1. The van der Waals surface area contributed by atoms with E-state index in [9.17, 15) is 9.90 Å². The van der Waals surface area contributed by atoms with Gasteiger partial charge in [-0.05, 0) is 24.3 Å². The van der Waals surface area contributed by atoms with E-state index in [1.54, 1.807) is 4.57 Å². The summed E-state index contributed by atoms with van der Waals surface area (Å²) in [6, 6.07) is 9.32. The Bertz CT molecular complexity index is 626. The molecule has 112 valence electrons. The Kier molecular flexibility index (Phi) is 4.20. The zero-order chi connectivity index (χ0) is 14.7. The second-order valence-electron chi connectivity index (χ2n) is 5.81. The number of nitrogens with one attached hydrogen (secondary N) is 1. The van der Waals surface area contributed by atoms with Crippen molar-refractivity contribution in [1.29, 1.82) is 0 Å². The lowest BCUT2D eigenvalue weighted by molar-refractivity contribution is 0.198. The van der Waals surface area contributed by atoms with Crippen LogP contribution in [0, 0.1) is 5.92 Å². The minimum atomic E-state index is -0.867. The number of aliphatic hydroxyl groups is 1. The Labute approximate surface area is 123 Å². The van der Waals surface area contributed by atoms with Gasteiger partial charge in [0.15, 0.2) is 5.82 Å². The molecule has 1 atom stereocenters. The third-order valence-electron chi connectivity index (χ3n) is 4.31. The number of nitrogens with zero attached hydrogens (tertiary/aromatic N) is 2. The minimum Gasteiger partial charge on any atom is -0.380 e. The lowest BCUT2D eigenvalue weighted by Crippen LogP contribution is -2.26. The van der Waals surface area contributed by atoms with Gasteiger partial charge in [0.05, 0.1) is 0 Å². The highest BCUT2D eigenvalue weighted by molar-refractivity contribution is 5.22. The standard InChI is InChI=1S/C16H21N3O2/c20-14(13-9-5-2-6-10-13)15-17-18-16(21)19(15)11-12-7-3-1-4-8-12/h2,5-6,9-10,12,14,20H,1,3-4,7-8,11H2,(H,18,21). The molecule has 5 heteroatoms. The summed E-state index contributed by atoms with van der Waals surface area (Å²) in [5, 5.41) is 17.0. The number of rotatable bonds is 4. The van der Waals surface area contributed by atoms with E-state index >= 15 is 0 Å².